The lowest BCUT2D eigenvalue weighted by atomic mass is 10.0. The first-order valence-electron chi connectivity index (χ1n) is 4.78. The second-order valence-electron chi connectivity index (χ2n) is 3.31. The van der Waals surface area contributed by atoms with Crippen LogP contribution in [0.15, 0.2) is 36.9 Å². The molecule has 1 aromatic rings. The largest absolute Gasteiger partial charge is 0.461 e. The van der Waals surface area contributed by atoms with E-state index >= 15 is 0 Å². The number of carbonyl (C=O) groups excluding carboxylic acids is 1. The van der Waals surface area contributed by atoms with Gasteiger partial charge >= 0.3 is 5.97 Å². The first kappa shape index (κ1) is 11.3. The maximum absolute atomic E-state index is 11.5. The lowest BCUT2D eigenvalue weighted by molar-refractivity contribution is -0.143. The van der Waals surface area contributed by atoms with Crippen LogP contribution in [0.3, 0.4) is 0 Å². The highest BCUT2D eigenvalue weighted by molar-refractivity contribution is 5.77. The Morgan fingerprint density at radius 2 is 2.13 bits per heavy atom. The number of nitrogens with two attached hydrogens (primary N) is 1. The Morgan fingerprint density at radius 3 is 2.67 bits per heavy atom. The van der Waals surface area contributed by atoms with E-state index in [1.165, 1.54) is 0 Å². The molecule has 1 rings (SSSR count). The zero-order chi connectivity index (χ0) is 11.3. The van der Waals surface area contributed by atoms with Crippen molar-refractivity contribution in [1.29, 1.82) is 0 Å². The van der Waals surface area contributed by atoms with Crippen molar-refractivity contribution in [2.45, 2.75) is 12.8 Å². The van der Waals surface area contributed by atoms with Crippen LogP contribution in [0.5, 0.6) is 0 Å². The third-order valence-electron chi connectivity index (χ3n) is 2.13. The zero-order valence-corrected chi connectivity index (χ0v) is 8.77. The van der Waals surface area contributed by atoms with Crippen molar-refractivity contribution in [3.8, 4) is 0 Å². The zero-order valence-electron chi connectivity index (χ0n) is 8.77. The molecule has 3 heteroatoms. The van der Waals surface area contributed by atoms with Crippen LogP contribution >= 0.6 is 0 Å². The van der Waals surface area contributed by atoms with E-state index in [-0.39, 0.29) is 18.5 Å². The van der Waals surface area contributed by atoms with Gasteiger partial charge in [-0.2, -0.15) is 0 Å². The molecule has 15 heavy (non-hydrogen) atoms. The minimum absolute atomic E-state index is 0.248. The molecule has 0 saturated carbocycles. The molecular weight excluding hydrogens is 190 g/mol. The Labute approximate surface area is 89.5 Å². The normalized spacial score (nSPS) is 11.8. The summed E-state index contributed by atoms with van der Waals surface area (Å²) >= 11 is 0. The predicted octanol–water partition coefficient (Wildman–Crippen LogP) is 2.10. The van der Waals surface area contributed by atoms with Crippen LogP contribution in [0.1, 0.15) is 18.4 Å². The molecule has 0 aliphatic rings. The molecule has 0 spiro atoms. The van der Waals surface area contributed by atoms with Crippen molar-refractivity contribution in [1.82, 2.24) is 0 Å². The highest BCUT2D eigenvalue weighted by Gasteiger charge is 2.15. The number of hydrogen-bond donors (Lipinski definition) is 1. The standard InChI is InChI=1S/C12H15NO2/c1-3-8-15-12(14)9(2)10-4-6-11(13)7-5-10/h3-7,9H,1,8,13H2,2H3. The summed E-state index contributed by atoms with van der Waals surface area (Å²) in [6.07, 6.45) is 1.55. The molecule has 1 atom stereocenters. The average molecular weight is 205 g/mol. The van der Waals surface area contributed by atoms with E-state index in [9.17, 15) is 4.79 Å². The summed E-state index contributed by atoms with van der Waals surface area (Å²) in [4.78, 5) is 11.5. The Morgan fingerprint density at radius 1 is 1.53 bits per heavy atom. The van der Waals surface area contributed by atoms with Gasteiger partial charge < -0.3 is 10.5 Å². The van der Waals surface area contributed by atoms with Gasteiger partial charge in [-0.3, -0.25) is 4.79 Å². The van der Waals surface area contributed by atoms with Crippen molar-refractivity contribution < 1.29 is 9.53 Å². The molecule has 1 unspecified atom stereocenters. The second-order valence-corrected chi connectivity index (χ2v) is 3.31. The summed E-state index contributed by atoms with van der Waals surface area (Å²) < 4.78 is 4.95. The fourth-order valence-corrected chi connectivity index (χ4v) is 1.19. The van der Waals surface area contributed by atoms with Crippen molar-refractivity contribution in [3.05, 3.63) is 42.5 Å². The van der Waals surface area contributed by atoms with Crippen molar-refractivity contribution in [2.75, 3.05) is 12.3 Å². The Kier molecular flexibility index (Phi) is 3.92. The van der Waals surface area contributed by atoms with Crippen molar-refractivity contribution in [2.24, 2.45) is 0 Å². The van der Waals surface area contributed by atoms with E-state index in [0.29, 0.717) is 5.69 Å². The van der Waals surface area contributed by atoms with E-state index in [0.717, 1.165) is 5.56 Å². The summed E-state index contributed by atoms with van der Waals surface area (Å²) in [6.45, 7) is 5.53. The molecule has 80 valence electrons. The van der Waals surface area contributed by atoms with Gasteiger partial charge in [-0.15, -0.1) is 0 Å². The third-order valence-corrected chi connectivity index (χ3v) is 2.13. The van der Waals surface area contributed by atoms with E-state index < -0.39 is 0 Å². The minimum Gasteiger partial charge on any atom is -0.461 e. The van der Waals surface area contributed by atoms with Crippen molar-refractivity contribution >= 4 is 11.7 Å². The fourth-order valence-electron chi connectivity index (χ4n) is 1.19. The van der Waals surface area contributed by atoms with Crippen LogP contribution in [0.4, 0.5) is 5.69 Å². The van der Waals surface area contributed by atoms with Crippen LogP contribution in [0, 0.1) is 0 Å². The first-order chi connectivity index (χ1) is 7.15. The number of hydrogen-bond acceptors (Lipinski definition) is 3. The summed E-state index contributed by atoms with van der Waals surface area (Å²) in [5.41, 5.74) is 7.14. The van der Waals surface area contributed by atoms with E-state index in [1.807, 2.05) is 12.1 Å². The van der Waals surface area contributed by atoms with Gasteiger partial charge in [-0.05, 0) is 24.6 Å². The van der Waals surface area contributed by atoms with Crippen LogP contribution in [0.25, 0.3) is 0 Å². The predicted molar refractivity (Wildman–Crippen MR) is 60.4 cm³/mol. The lowest BCUT2D eigenvalue weighted by Gasteiger charge is -2.10. The molecule has 1 aromatic carbocycles. The number of nitrogen functional groups attached to an aromatic ring is 1. The van der Waals surface area contributed by atoms with Gasteiger partial charge in [0.05, 0.1) is 5.92 Å². The summed E-state index contributed by atoms with van der Waals surface area (Å²) in [5, 5.41) is 0. The minimum atomic E-state index is -0.273. The molecule has 0 aliphatic heterocycles. The number of ether oxygens (including phenoxy) is 1. The Hall–Kier alpha value is -1.77. The van der Waals surface area contributed by atoms with Crippen LogP contribution < -0.4 is 5.73 Å². The number of benzene rings is 1. The van der Waals surface area contributed by atoms with Crippen LogP contribution in [0.2, 0.25) is 0 Å². The van der Waals surface area contributed by atoms with E-state index in [2.05, 4.69) is 6.58 Å². The number of carbonyl (C=O) groups is 1. The Bertz CT molecular complexity index is 343. The monoisotopic (exact) mass is 205 g/mol. The van der Waals surface area contributed by atoms with Crippen LogP contribution in [-0.2, 0) is 9.53 Å². The van der Waals surface area contributed by atoms with E-state index in [4.69, 9.17) is 10.5 Å². The van der Waals surface area contributed by atoms with Gasteiger partial charge in [-0.1, -0.05) is 24.8 Å². The van der Waals surface area contributed by atoms with Crippen molar-refractivity contribution in [3.63, 3.8) is 0 Å². The fraction of sp³-hybridized carbons (Fsp3) is 0.250. The molecule has 0 heterocycles. The van der Waals surface area contributed by atoms with Gasteiger partial charge in [0.1, 0.15) is 6.61 Å². The number of anilines is 1. The first-order valence-corrected chi connectivity index (χ1v) is 4.78. The van der Waals surface area contributed by atoms with Gasteiger partial charge in [0.25, 0.3) is 0 Å². The molecule has 0 bridgehead atoms. The van der Waals surface area contributed by atoms with Gasteiger partial charge in [0.2, 0.25) is 0 Å². The highest BCUT2D eigenvalue weighted by Crippen LogP contribution is 2.17. The molecule has 0 radical (unpaired) electrons. The molecular formula is C12H15NO2. The molecule has 0 fully saturated rings. The third kappa shape index (κ3) is 3.13. The quantitative estimate of drug-likeness (QED) is 0.465. The second kappa shape index (κ2) is 5.20. The summed E-state index contributed by atoms with van der Waals surface area (Å²) in [6, 6.07) is 7.20. The molecule has 0 saturated heterocycles. The molecule has 2 N–H and O–H groups in total. The molecule has 0 aliphatic carbocycles. The topological polar surface area (TPSA) is 52.3 Å². The number of rotatable bonds is 4. The molecule has 0 amide bonds. The number of esters is 1. The molecule has 0 aromatic heterocycles. The van der Waals surface area contributed by atoms with Gasteiger partial charge in [0, 0.05) is 5.69 Å². The SMILES string of the molecule is C=CCOC(=O)C(C)c1ccc(N)cc1. The summed E-state index contributed by atoms with van der Waals surface area (Å²) in [5.74, 6) is -0.523. The summed E-state index contributed by atoms with van der Waals surface area (Å²) in [7, 11) is 0. The van der Waals surface area contributed by atoms with Gasteiger partial charge in [-0.25, -0.2) is 0 Å². The van der Waals surface area contributed by atoms with E-state index in [1.54, 1.807) is 25.1 Å². The maximum Gasteiger partial charge on any atom is 0.313 e. The average Bonchev–Trinajstić information content (AvgIpc) is 2.26. The maximum atomic E-state index is 11.5. The highest BCUT2D eigenvalue weighted by atomic mass is 16.5. The van der Waals surface area contributed by atoms with Gasteiger partial charge in [0.15, 0.2) is 0 Å². The lowest BCUT2D eigenvalue weighted by Crippen LogP contribution is -2.13. The molecule has 3 nitrogen and oxygen atoms in total. The Balaban J connectivity index is 2.67. The van der Waals surface area contributed by atoms with Crippen LogP contribution in [-0.4, -0.2) is 12.6 Å². The smallest absolute Gasteiger partial charge is 0.313 e.